The number of carbonyl (C=O) groups is 2. The fourth-order valence-electron chi connectivity index (χ4n) is 3.46. The molecule has 0 aliphatic rings. The van der Waals surface area contributed by atoms with Crippen LogP contribution in [0.5, 0.6) is 0 Å². The predicted octanol–water partition coefficient (Wildman–Crippen LogP) is 2.39. The number of esters is 1. The molecule has 0 saturated carbocycles. The highest BCUT2D eigenvalue weighted by molar-refractivity contribution is 5.89. The molecule has 0 aliphatic heterocycles. The normalized spacial score (nSPS) is 13.0. The molecule has 0 unspecified atom stereocenters. The van der Waals surface area contributed by atoms with E-state index in [0.29, 0.717) is 19.4 Å². The Morgan fingerprint density at radius 1 is 1.03 bits per heavy atom. The molecule has 7 nitrogen and oxygen atoms in total. The first-order valence-electron chi connectivity index (χ1n) is 10.6. The summed E-state index contributed by atoms with van der Waals surface area (Å²) in [6.45, 7) is 0.700. The highest BCUT2D eigenvalue weighted by Gasteiger charge is 2.26. The van der Waals surface area contributed by atoms with Gasteiger partial charge in [0.15, 0.2) is 0 Å². The van der Waals surface area contributed by atoms with Crippen LogP contribution < -0.4 is 16.8 Å². The lowest BCUT2D eigenvalue weighted by Crippen LogP contribution is -2.49. The highest BCUT2D eigenvalue weighted by atomic mass is 16.5. The Kier molecular flexibility index (Phi) is 8.20. The molecule has 0 saturated heterocycles. The van der Waals surface area contributed by atoms with Crippen LogP contribution in [-0.4, -0.2) is 35.5 Å². The Morgan fingerprint density at radius 2 is 1.77 bits per heavy atom. The second-order valence-corrected chi connectivity index (χ2v) is 7.61. The van der Waals surface area contributed by atoms with Gasteiger partial charge in [0.05, 0.1) is 6.04 Å². The maximum atomic E-state index is 12.9. The van der Waals surface area contributed by atoms with Crippen molar-refractivity contribution in [3.63, 3.8) is 0 Å². The van der Waals surface area contributed by atoms with Crippen LogP contribution in [-0.2, 0) is 27.4 Å². The summed E-state index contributed by atoms with van der Waals surface area (Å²) in [5.74, 6) is -0.852. The van der Waals surface area contributed by atoms with Crippen molar-refractivity contribution in [2.75, 3.05) is 6.54 Å². The predicted molar refractivity (Wildman–Crippen MR) is 121 cm³/mol. The number of ether oxygens (including phenoxy) is 1. The van der Waals surface area contributed by atoms with Gasteiger partial charge in [-0.2, -0.15) is 0 Å². The molecule has 0 fully saturated rings. The van der Waals surface area contributed by atoms with Crippen LogP contribution in [0.15, 0.2) is 60.8 Å². The molecule has 2 atom stereocenters. The monoisotopic (exact) mass is 422 g/mol. The molecule has 7 heteroatoms. The maximum absolute atomic E-state index is 12.9. The van der Waals surface area contributed by atoms with Crippen molar-refractivity contribution in [3.8, 4) is 0 Å². The van der Waals surface area contributed by atoms with Crippen LogP contribution in [0.1, 0.15) is 30.4 Å². The lowest BCUT2D eigenvalue weighted by Gasteiger charge is -2.20. The smallest absolute Gasteiger partial charge is 0.329 e. The third kappa shape index (κ3) is 6.41. The van der Waals surface area contributed by atoms with Crippen LogP contribution >= 0.6 is 0 Å². The van der Waals surface area contributed by atoms with Crippen LogP contribution in [0.4, 0.5) is 0 Å². The minimum absolute atomic E-state index is 0.141. The van der Waals surface area contributed by atoms with Crippen LogP contribution in [0.25, 0.3) is 10.9 Å². The van der Waals surface area contributed by atoms with Gasteiger partial charge in [0, 0.05) is 23.5 Å². The first-order valence-corrected chi connectivity index (χ1v) is 10.6. The van der Waals surface area contributed by atoms with Gasteiger partial charge in [0.2, 0.25) is 5.91 Å². The first kappa shape index (κ1) is 22.5. The number of unbranched alkanes of at least 4 members (excludes halogenated alkanes) is 1. The van der Waals surface area contributed by atoms with E-state index in [1.54, 1.807) is 0 Å². The number of aromatic nitrogens is 1. The number of amides is 1. The van der Waals surface area contributed by atoms with Crippen molar-refractivity contribution in [2.24, 2.45) is 11.5 Å². The van der Waals surface area contributed by atoms with E-state index < -0.39 is 18.1 Å². The Labute approximate surface area is 182 Å². The van der Waals surface area contributed by atoms with Gasteiger partial charge in [-0.15, -0.1) is 0 Å². The topological polar surface area (TPSA) is 123 Å². The molecule has 0 bridgehead atoms. The molecule has 3 aromatic rings. The number of fused-ring (bicyclic) bond motifs is 1. The summed E-state index contributed by atoms with van der Waals surface area (Å²) in [5.41, 5.74) is 14.3. The van der Waals surface area contributed by atoms with Crippen molar-refractivity contribution in [2.45, 2.75) is 44.4 Å². The fourth-order valence-corrected chi connectivity index (χ4v) is 3.46. The zero-order chi connectivity index (χ0) is 22.1. The average Bonchev–Trinajstić information content (AvgIpc) is 3.20. The summed E-state index contributed by atoms with van der Waals surface area (Å²) in [5, 5.41) is 3.80. The van der Waals surface area contributed by atoms with E-state index in [1.807, 2.05) is 60.8 Å². The van der Waals surface area contributed by atoms with E-state index in [9.17, 15) is 9.59 Å². The van der Waals surface area contributed by atoms with E-state index in [-0.39, 0.29) is 12.5 Å². The lowest BCUT2D eigenvalue weighted by molar-refractivity contribution is -0.149. The summed E-state index contributed by atoms with van der Waals surface area (Å²) >= 11 is 0. The Bertz CT molecular complexity index is 987. The number of para-hydroxylation sites is 1. The summed E-state index contributed by atoms with van der Waals surface area (Å²) in [6.07, 6.45) is 4.24. The molecule has 2 aromatic carbocycles. The Balaban J connectivity index is 1.71. The molecule has 164 valence electrons. The number of aromatic amines is 1. The van der Waals surface area contributed by atoms with E-state index in [0.717, 1.165) is 34.9 Å². The molecule has 3 rings (SSSR count). The number of hydrogen-bond acceptors (Lipinski definition) is 5. The molecule has 6 N–H and O–H groups in total. The van der Waals surface area contributed by atoms with Crippen LogP contribution in [0.2, 0.25) is 0 Å². The summed E-state index contributed by atoms with van der Waals surface area (Å²) < 4.78 is 5.51. The first-order chi connectivity index (χ1) is 15.1. The van der Waals surface area contributed by atoms with Gasteiger partial charge >= 0.3 is 5.97 Å². The molecule has 0 aliphatic carbocycles. The third-order valence-corrected chi connectivity index (χ3v) is 5.23. The van der Waals surface area contributed by atoms with Gasteiger partial charge in [0.25, 0.3) is 0 Å². The van der Waals surface area contributed by atoms with E-state index in [4.69, 9.17) is 16.2 Å². The molecule has 0 spiro atoms. The van der Waals surface area contributed by atoms with Crippen molar-refractivity contribution >= 4 is 22.8 Å². The number of rotatable bonds is 11. The molecule has 31 heavy (non-hydrogen) atoms. The van der Waals surface area contributed by atoms with Gasteiger partial charge in [-0.1, -0.05) is 55.0 Å². The minimum Gasteiger partial charge on any atom is -0.459 e. The van der Waals surface area contributed by atoms with Gasteiger partial charge in [-0.25, -0.2) is 4.79 Å². The minimum atomic E-state index is -0.837. The molecular weight excluding hydrogens is 392 g/mol. The number of nitrogens with two attached hydrogens (primary N) is 2. The van der Waals surface area contributed by atoms with E-state index >= 15 is 0 Å². The quantitative estimate of drug-likeness (QED) is 0.279. The third-order valence-electron chi connectivity index (χ3n) is 5.23. The van der Waals surface area contributed by atoms with Gasteiger partial charge < -0.3 is 26.5 Å². The van der Waals surface area contributed by atoms with E-state index in [2.05, 4.69) is 10.3 Å². The van der Waals surface area contributed by atoms with Gasteiger partial charge in [-0.3, -0.25) is 4.79 Å². The number of benzene rings is 2. The Morgan fingerprint density at radius 3 is 2.55 bits per heavy atom. The van der Waals surface area contributed by atoms with Crippen molar-refractivity contribution in [1.29, 1.82) is 0 Å². The fraction of sp³-hybridized carbons (Fsp3) is 0.333. The lowest BCUT2D eigenvalue weighted by atomic mass is 10.0. The number of hydrogen-bond donors (Lipinski definition) is 4. The van der Waals surface area contributed by atoms with Crippen LogP contribution in [0.3, 0.4) is 0 Å². The zero-order valence-electron chi connectivity index (χ0n) is 17.6. The molecule has 1 aromatic heterocycles. The molecule has 1 amide bonds. The van der Waals surface area contributed by atoms with Gasteiger partial charge in [0.1, 0.15) is 12.6 Å². The second kappa shape index (κ2) is 11.3. The summed E-state index contributed by atoms with van der Waals surface area (Å²) in [7, 11) is 0. The molecular formula is C24H30N4O3. The standard InChI is InChI=1S/C24H30N4O3/c25-13-7-6-11-20(26)23(29)28-22(24(30)31-16-17-8-2-1-3-9-17)14-18-15-27-21-12-5-4-10-19(18)21/h1-5,8-10,12,15,20,22,27H,6-7,11,13-14,16,25-26H2,(H,28,29)/t20-,22-/m0/s1. The van der Waals surface area contributed by atoms with Crippen LogP contribution in [0, 0.1) is 0 Å². The number of carbonyl (C=O) groups excluding carboxylic acids is 2. The maximum Gasteiger partial charge on any atom is 0.329 e. The summed E-state index contributed by atoms with van der Waals surface area (Å²) in [6, 6.07) is 15.7. The Hall–Kier alpha value is -3.16. The zero-order valence-corrected chi connectivity index (χ0v) is 17.6. The average molecular weight is 423 g/mol. The second-order valence-electron chi connectivity index (χ2n) is 7.61. The summed E-state index contributed by atoms with van der Waals surface area (Å²) in [4.78, 5) is 28.7. The van der Waals surface area contributed by atoms with E-state index in [1.165, 1.54) is 0 Å². The van der Waals surface area contributed by atoms with Crippen molar-refractivity contribution in [1.82, 2.24) is 10.3 Å². The SMILES string of the molecule is NCCCC[C@H](N)C(=O)N[C@@H](Cc1c[nH]c2ccccc12)C(=O)OCc1ccccc1. The highest BCUT2D eigenvalue weighted by Crippen LogP contribution is 2.19. The van der Waals surface area contributed by atoms with Crippen molar-refractivity contribution < 1.29 is 14.3 Å². The van der Waals surface area contributed by atoms with Gasteiger partial charge in [-0.05, 0) is 36.6 Å². The number of nitrogens with one attached hydrogen (secondary N) is 2. The molecule has 1 heterocycles. The molecule has 0 radical (unpaired) electrons. The largest absolute Gasteiger partial charge is 0.459 e. The number of H-pyrrole nitrogens is 1. The van der Waals surface area contributed by atoms with Crippen molar-refractivity contribution in [3.05, 3.63) is 71.9 Å².